The number of rotatable bonds is 5. The Bertz CT molecular complexity index is 464. The van der Waals surface area contributed by atoms with Crippen LogP contribution in [0.2, 0.25) is 0 Å². The average Bonchev–Trinajstić information content (AvgIpc) is 2.36. The molecule has 96 valence electrons. The smallest absolute Gasteiger partial charge is 0.258 e. The van der Waals surface area contributed by atoms with E-state index >= 15 is 0 Å². The molecular weight excluding hydrogens is 226 g/mol. The fourth-order valence-electron chi connectivity index (χ4n) is 1.61. The molecule has 1 amide bonds. The number of benzene rings is 1. The van der Waals surface area contributed by atoms with Crippen molar-refractivity contribution in [3.63, 3.8) is 0 Å². The first kappa shape index (κ1) is 14.0. The third-order valence-electron chi connectivity index (χ3n) is 2.43. The van der Waals surface area contributed by atoms with Gasteiger partial charge in [0, 0.05) is 25.1 Å². The van der Waals surface area contributed by atoms with Crippen LogP contribution >= 0.6 is 0 Å². The lowest BCUT2D eigenvalue weighted by atomic mass is 10.1. The number of amides is 1. The molecular formula is C14H19N3O. The zero-order valence-electron chi connectivity index (χ0n) is 10.8. The number of nitrogens with zero attached hydrogens (tertiary/aromatic N) is 1. The van der Waals surface area contributed by atoms with Gasteiger partial charge in [-0.1, -0.05) is 25.5 Å². The van der Waals surface area contributed by atoms with Crippen molar-refractivity contribution < 1.29 is 4.79 Å². The molecule has 0 spiro atoms. The molecule has 3 N–H and O–H groups in total. The molecule has 4 heteroatoms. The maximum Gasteiger partial charge on any atom is 0.258 e. The van der Waals surface area contributed by atoms with E-state index in [-0.39, 0.29) is 5.91 Å². The van der Waals surface area contributed by atoms with E-state index in [1.54, 1.807) is 7.05 Å². The maximum atomic E-state index is 11.9. The highest BCUT2D eigenvalue weighted by Crippen LogP contribution is 2.12. The van der Waals surface area contributed by atoms with Crippen molar-refractivity contribution >= 4 is 17.8 Å². The monoisotopic (exact) mass is 245 g/mol. The Hall–Kier alpha value is -2.10. The van der Waals surface area contributed by atoms with E-state index in [0.29, 0.717) is 5.57 Å². The van der Waals surface area contributed by atoms with Crippen LogP contribution in [0.15, 0.2) is 41.0 Å². The molecule has 0 aliphatic rings. The van der Waals surface area contributed by atoms with Crippen molar-refractivity contribution in [1.82, 2.24) is 0 Å². The number of nitrogens with one attached hydrogen (secondary N) is 1. The standard InChI is InChI=1S/C14H19N3O/c1-3-5-11-6-4-7-13(8-11)17-14(18)12(9-15)10-16-2/h4,6-10H,3,5,15H2,1-2H3,(H,17,18)/b12-9+,16-10?. The van der Waals surface area contributed by atoms with Crippen molar-refractivity contribution in [3.8, 4) is 0 Å². The van der Waals surface area contributed by atoms with Crippen LogP contribution in [0.4, 0.5) is 5.69 Å². The van der Waals surface area contributed by atoms with Gasteiger partial charge in [0.2, 0.25) is 0 Å². The van der Waals surface area contributed by atoms with Crippen LogP contribution in [0.3, 0.4) is 0 Å². The number of hydrogen-bond donors (Lipinski definition) is 2. The van der Waals surface area contributed by atoms with Crippen LogP contribution < -0.4 is 11.1 Å². The van der Waals surface area contributed by atoms with Crippen LogP contribution in [0.1, 0.15) is 18.9 Å². The molecule has 18 heavy (non-hydrogen) atoms. The van der Waals surface area contributed by atoms with E-state index in [9.17, 15) is 4.79 Å². The first-order chi connectivity index (χ1) is 8.71. The van der Waals surface area contributed by atoms with Crippen LogP contribution in [-0.4, -0.2) is 19.2 Å². The van der Waals surface area contributed by atoms with Crippen molar-refractivity contribution in [1.29, 1.82) is 0 Å². The Labute approximate surface area is 108 Å². The minimum absolute atomic E-state index is 0.253. The molecule has 0 aliphatic carbocycles. The second kappa shape index (κ2) is 7.27. The van der Waals surface area contributed by atoms with E-state index in [2.05, 4.69) is 17.2 Å². The Morgan fingerprint density at radius 1 is 1.50 bits per heavy atom. The minimum atomic E-state index is -0.253. The summed E-state index contributed by atoms with van der Waals surface area (Å²) >= 11 is 0. The number of anilines is 1. The summed E-state index contributed by atoms with van der Waals surface area (Å²) < 4.78 is 0. The van der Waals surface area contributed by atoms with Gasteiger partial charge in [-0.15, -0.1) is 0 Å². The lowest BCUT2D eigenvalue weighted by molar-refractivity contribution is -0.112. The van der Waals surface area contributed by atoms with Crippen LogP contribution in [0.5, 0.6) is 0 Å². The SMILES string of the molecule is CCCc1cccc(NC(=O)/C(C=NC)=C/N)c1. The number of aryl methyl sites for hydroxylation is 1. The summed E-state index contributed by atoms with van der Waals surface area (Å²) in [6.45, 7) is 2.12. The molecule has 0 aliphatic heterocycles. The van der Waals surface area contributed by atoms with Crippen molar-refractivity contribution in [3.05, 3.63) is 41.6 Å². The largest absolute Gasteiger partial charge is 0.404 e. The zero-order valence-corrected chi connectivity index (χ0v) is 10.8. The second-order valence-corrected chi connectivity index (χ2v) is 3.91. The van der Waals surface area contributed by atoms with Crippen LogP contribution in [-0.2, 0) is 11.2 Å². The quantitative estimate of drug-likeness (QED) is 0.616. The maximum absolute atomic E-state index is 11.9. The van der Waals surface area contributed by atoms with E-state index in [0.717, 1.165) is 18.5 Å². The molecule has 1 aromatic rings. The van der Waals surface area contributed by atoms with Crippen LogP contribution in [0, 0.1) is 0 Å². The van der Waals surface area contributed by atoms with Crippen molar-refractivity contribution in [2.45, 2.75) is 19.8 Å². The molecule has 1 rings (SSSR count). The molecule has 0 unspecified atom stereocenters. The number of carbonyl (C=O) groups is 1. The van der Waals surface area contributed by atoms with Gasteiger partial charge >= 0.3 is 0 Å². The van der Waals surface area contributed by atoms with Gasteiger partial charge < -0.3 is 11.1 Å². The second-order valence-electron chi connectivity index (χ2n) is 3.91. The Morgan fingerprint density at radius 2 is 2.28 bits per heavy atom. The molecule has 0 saturated carbocycles. The van der Waals surface area contributed by atoms with Gasteiger partial charge in [-0.25, -0.2) is 0 Å². The van der Waals surface area contributed by atoms with Gasteiger partial charge in [0.25, 0.3) is 5.91 Å². The molecule has 0 saturated heterocycles. The third-order valence-corrected chi connectivity index (χ3v) is 2.43. The Morgan fingerprint density at radius 3 is 2.89 bits per heavy atom. The fraction of sp³-hybridized carbons (Fsp3) is 0.286. The summed E-state index contributed by atoms with van der Waals surface area (Å²) in [5.74, 6) is -0.253. The van der Waals surface area contributed by atoms with Gasteiger partial charge in [0.15, 0.2) is 0 Å². The van der Waals surface area contributed by atoms with Gasteiger partial charge in [-0.05, 0) is 24.1 Å². The lowest BCUT2D eigenvalue weighted by Crippen LogP contribution is -2.16. The van der Waals surface area contributed by atoms with E-state index in [4.69, 9.17) is 5.73 Å². The summed E-state index contributed by atoms with van der Waals surface area (Å²) in [7, 11) is 1.60. The summed E-state index contributed by atoms with van der Waals surface area (Å²) in [5, 5.41) is 2.80. The lowest BCUT2D eigenvalue weighted by Gasteiger charge is -2.07. The van der Waals surface area contributed by atoms with Gasteiger partial charge in [0.05, 0.1) is 5.57 Å². The predicted octanol–water partition coefficient (Wildman–Crippen LogP) is 2.12. The summed E-state index contributed by atoms with van der Waals surface area (Å²) in [6.07, 6.45) is 4.76. The molecule has 1 aromatic carbocycles. The molecule has 0 fully saturated rings. The van der Waals surface area contributed by atoms with Crippen molar-refractivity contribution in [2.75, 3.05) is 12.4 Å². The first-order valence-electron chi connectivity index (χ1n) is 5.95. The van der Waals surface area contributed by atoms with Gasteiger partial charge in [0.1, 0.15) is 0 Å². The molecule has 0 atom stereocenters. The molecule has 0 aromatic heterocycles. The highest BCUT2D eigenvalue weighted by atomic mass is 16.1. The highest BCUT2D eigenvalue weighted by Gasteiger charge is 2.06. The first-order valence-corrected chi connectivity index (χ1v) is 5.95. The summed E-state index contributed by atoms with van der Waals surface area (Å²) in [6, 6.07) is 7.81. The normalized spacial score (nSPS) is 11.8. The predicted molar refractivity (Wildman–Crippen MR) is 75.8 cm³/mol. The number of hydrogen-bond acceptors (Lipinski definition) is 3. The highest BCUT2D eigenvalue weighted by molar-refractivity contribution is 6.17. The van der Waals surface area contributed by atoms with E-state index in [1.165, 1.54) is 18.0 Å². The number of carbonyl (C=O) groups excluding carboxylic acids is 1. The molecule has 0 bridgehead atoms. The Kier molecular flexibility index (Phi) is 5.64. The number of nitrogens with two attached hydrogens (primary N) is 1. The van der Waals surface area contributed by atoms with Gasteiger partial charge in [-0.2, -0.15) is 0 Å². The fourth-order valence-corrected chi connectivity index (χ4v) is 1.61. The van der Waals surface area contributed by atoms with Crippen molar-refractivity contribution in [2.24, 2.45) is 10.7 Å². The topological polar surface area (TPSA) is 67.5 Å². The molecule has 0 radical (unpaired) electrons. The van der Waals surface area contributed by atoms with Gasteiger partial charge in [-0.3, -0.25) is 9.79 Å². The van der Waals surface area contributed by atoms with E-state index in [1.807, 2.05) is 24.3 Å². The minimum Gasteiger partial charge on any atom is -0.404 e. The Balaban J connectivity index is 2.78. The molecule has 4 nitrogen and oxygen atoms in total. The van der Waals surface area contributed by atoms with Crippen LogP contribution in [0.25, 0.3) is 0 Å². The third kappa shape index (κ3) is 4.05. The summed E-state index contributed by atoms with van der Waals surface area (Å²) in [5.41, 5.74) is 7.70. The van der Waals surface area contributed by atoms with E-state index < -0.39 is 0 Å². The molecule has 0 heterocycles. The summed E-state index contributed by atoms with van der Waals surface area (Å²) in [4.78, 5) is 15.6. The number of aliphatic imine (C=N–C) groups is 1. The average molecular weight is 245 g/mol. The zero-order chi connectivity index (χ0) is 13.4.